The van der Waals surface area contributed by atoms with Gasteiger partial charge in [-0.25, -0.2) is 4.98 Å². The van der Waals surface area contributed by atoms with Crippen LogP contribution in [-0.2, 0) is 6.54 Å². The molecular formula is C21H19N5O3. The Balaban J connectivity index is 1.65. The van der Waals surface area contributed by atoms with Crippen LogP contribution in [0.5, 0.6) is 0 Å². The van der Waals surface area contributed by atoms with Gasteiger partial charge in [0.25, 0.3) is 11.5 Å². The van der Waals surface area contributed by atoms with Gasteiger partial charge in [-0.3, -0.25) is 25.0 Å². The Morgan fingerprint density at radius 2 is 1.83 bits per heavy atom. The molecule has 0 atom stereocenters. The van der Waals surface area contributed by atoms with Gasteiger partial charge in [0, 0.05) is 12.1 Å². The molecule has 4 rings (SSSR count). The van der Waals surface area contributed by atoms with E-state index in [-0.39, 0.29) is 11.5 Å². The van der Waals surface area contributed by atoms with Gasteiger partial charge in [-0.2, -0.15) is 0 Å². The maximum Gasteiger partial charge on any atom is 0.275 e. The lowest BCUT2D eigenvalue weighted by atomic mass is 10.1. The van der Waals surface area contributed by atoms with Crippen LogP contribution in [0.2, 0.25) is 0 Å². The zero-order chi connectivity index (χ0) is 20.4. The summed E-state index contributed by atoms with van der Waals surface area (Å²) in [6.45, 7) is 3.91. The monoisotopic (exact) mass is 389 g/mol. The van der Waals surface area contributed by atoms with Crippen molar-refractivity contribution in [3.8, 4) is 11.3 Å². The zero-order valence-electron chi connectivity index (χ0n) is 16.0. The maximum absolute atomic E-state index is 12.9. The van der Waals surface area contributed by atoms with Crippen LogP contribution in [0, 0.1) is 6.92 Å². The van der Waals surface area contributed by atoms with E-state index >= 15 is 0 Å². The number of para-hydroxylation sites is 1. The van der Waals surface area contributed by atoms with Gasteiger partial charge in [0.05, 0.1) is 10.9 Å². The van der Waals surface area contributed by atoms with E-state index in [4.69, 9.17) is 4.52 Å². The van der Waals surface area contributed by atoms with E-state index in [1.807, 2.05) is 37.3 Å². The number of hydrogen-bond donors (Lipinski definition) is 2. The molecule has 8 heteroatoms. The number of rotatable bonds is 5. The van der Waals surface area contributed by atoms with Crippen molar-refractivity contribution in [3.63, 3.8) is 0 Å². The molecule has 2 aromatic heterocycles. The fourth-order valence-electron chi connectivity index (χ4n) is 3.16. The molecule has 0 radical (unpaired) electrons. The highest BCUT2D eigenvalue weighted by molar-refractivity contribution is 6.01. The summed E-state index contributed by atoms with van der Waals surface area (Å²) in [5.74, 6) is 0.204. The van der Waals surface area contributed by atoms with Crippen LogP contribution < -0.4 is 16.4 Å². The van der Waals surface area contributed by atoms with Crippen LogP contribution in [0.1, 0.15) is 23.0 Å². The molecule has 146 valence electrons. The maximum atomic E-state index is 12.9. The number of carbonyl (C=O) groups excluding carboxylic acids is 1. The largest absolute Gasteiger partial charge is 0.360 e. The number of anilines is 1. The highest BCUT2D eigenvalue weighted by atomic mass is 16.5. The SMILES string of the molecule is CCn1c(NNC(=O)c2c(-c3ccccc3)noc2C)nc2ccccc2c1=O. The topological polar surface area (TPSA) is 102 Å². The minimum Gasteiger partial charge on any atom is -0.360 e. The molecule has 8 nitrogen and oxygen atoms in total. The van der Waals surface area contributed by atoms with Crippen LogP contribution in [0.15, 0.2) is 63.9 Å². The summed E-state index contributed by atoms with van der Waals surface area (Å²) >= 11 is 0. The second-order valence-corrected chi connectivity index (χ2v) is 6.41. The minimum atomic E-state index is -0.437. The number of nitrogens with one attached hydrogen (secondary N) is 2. The number of hydrogen-bond acceptors (Lipinski definition) is 6. The Morgan fingerprint density at radius 1 is 1.10 bits per heavy atom. The summed E-state index contributed by atoms with van der Waals surface area (Å²) < 4.78 is 6.69. The van der Waals surface area contributed by atoms with Gasteiger partial charge in [-0.15, -0.1) is 0 Å². The average Bonchev–Trinajstić information content (AvgIpc) is 3.14. The van der Waals surface area contributed by atoms with E-state index in [2.05, 4.69) is 21.0 Å². The lowest BCUT2D eigenvalue weighted by Crippen LogP contribution is -2.34. The van der Waals surface area contributed by atoms with Crippen LogP contribution in [-0.4, -0.2) is 20.6 Å². The van der Waals surface area contributed by atoms with E-state index in [9.17, 15) is 9.59 Å². The highest BCUT2D eigenvalue weighted by Gasteiger charge is 2.22. The number of hydrazine groups is 1. The Bertz CT molecular complexity index is 1240. The van der Waals surface area contributed by atoms with Crippen molar-refractivity contribution in [2.75, 3.05) is 5.43 Å². The molecule has 2 heterocycles. The summed E-state index contributed by atoms with van der Waals surface area (Å²) in [6, 6.07) is 16.4. The summed E-state index contributed by atoms with van der Waals surface area (Å²) in [5, 5.41) is 4.54. The molecule has 29 heavy (non-hydrogen) atoms. The molecule has 0 saturated carbocycles. The second-order valence-electron chi connectivity index (χ2n) is 6.41. The van der Waals surface area contributed by atoms with E-state index < -0.39 is 5.91 Å². The summed E-state index contributed by atoms with van der Waals surface area (Å²) in [5.41, 5.74) is 7.28. The molecule has 2 aromatic carbocycles. The molecule has 1 amide bonds. The first-order chi connectivity index (χ1) is 14.1. The predicted molar refractivity (Wildman–Crippen MR) is 109 cm³/mol. The molecule has 2 N–H and O–H groups in total. The number of amides is 1. The van der Waals surface area contributed by atoms with Crippen molar-refractivity contribution in [1.82, 2.24) is 20.1 Å². The number of aryl methyl sites for hydroxylation is 1. The predicted octanol–water partition coefficient (Wildman–Crippen LogP) is 3.14. The number of carbonyl (C=O) groups is 1. The van der Waals surface area contributed by atoms with Crippen molar-refractivity contribution in [1.29, 1.82) is 0 Å². The normalized spacial score (nSPS) is 10.8. The molecule has 0 aliphatic carbocycles. The van der Waals surface area contributed by atoms with Crippen LogP contribution >= 0.6 is 0 Å². The van der Waals surface area contributed by atoms with Gasteiger partial charge >= 0.3 is 0 Å². The molecule has 4 aromatic rings. The van der Waals surface area contributed by atoms with Gasteiger partial charge in [0.15, 0.2) is 0 Å². The number of benzene rings is 2. The van der Waals surface area contributed by atoms with Crippen LogP contribution in [0.3, 0.4) is 0 Å². The Kier molecular flexibility index (Phi) is 4.82. The number of nitrogens with zero attached hydrogens (tertiary/aromatic N) is 3. The van der Waals surface area contributed by atoms with Gasteiger partial charge in [-0.1, -0.05) is 47.6 Å². The third-order valence-corrected chi connectivity index (χ3v) is 4.60. The third kappa shape index (κ3) is 3.36. The summed E-state index contributed by atoms with van der Waals surface area (Å²) in [4.78, 5) is 30.0. The van der Waals surface area contributed by atoms with Crippen molar-refractivity contribution in [2.45, 2.75) is 20.4 Å². The molecule has 0 fully saturated rings. The fourth-order valence-corrected chi connectivity index (χ4v) is 3.16. The van der Waals surface area contributed by atoms with Crippen molar-refractivity contribution in [2.24, 2.45) is 0 Å². The Labute approximate surface area is 166 Å². The smallest absolute Gasteiger partial charge is 0.275 e. The molecule has 0 bridgehead atoms. The fraction of sp³-hybridized carbons (Fsp3) is 0.143. The zero-order valence-corrected chi connectivity index (χ0v) is 16.0. The standard InChI is InChI=1S/C21H19N5O3/c1-3-26-20(28)15-11-7-8-12-16(15)22-21(26)24-23-19(27)17-13(2)29-25-18(17)14-9-5-4-6-10-14/h4-12H,3H2,1-2H3,(H,22,24)(H,23,27). The molecule has 0 spiro atoms. The van der Waals surface area contributed by atoms with Crippen LogP contribution in [0.25, 0.3) is 22.2 Å². The van der Waals surface area contributed by atoms with Crippen LogP contribution in [0.4, 0.5) is 5.95 Å². The lowest BCUT2D eigenvalue weighted by molar-refractivity contribution is 0.0961. The van der Waals surface area contributed by atoms with Crippen molar-refractivity contribution < 1.29 is 9.32 Å². The highest BCUT2D eigenvalue weighted by Crippen LogP contribution is 2.24. The molecule has 0 aliphatic heterocycles. The van der Waals surface area contributed by atoms with E-state index in [1.54, 1.807) is 31.2 Å². The molecule has 0 saturated heterocycles. The van der Waals surface area contributed by atoms with Gasteiger partial charge in [-0.05, 0) is 26.0 Å². The van der Waals surface area contributed by atoms with E-state index in [1.165, 1.54) is 4.57 Å². The third-order valence-electron chi connectivity index (χ3n) is 4.60. The lowest BCUT2D eigenvalue weighted by Gasteiger charge is -2.14. The number of fused-ring (bicyclic) bond motifs is 1. The average molecular weight is 389 g/mol. The minimum absolute atomic E-state index is 0.180. The van der Waals surface area contributed by atoms with E-state index in [0.717, 1.165) is 5.56 Å². The summed E-state index contributed by atoms with van der Waals surface area (Å²) in [6.07, 6.45) is 0. The van der Waals surface area contributed by atoms with Gasteiger partial charge < -0.3 is 4.52 Å². The first-order valence-corrected chi connectivity index (χ1v) is 9.17. The van der Waals surface area contributed by atoms with E-state index in [0.29, 0.717) is 34.5 Å². The molecule has 0 unspecified atom stereocenters. The quantitative estimate of drug-likeness (QED) is 0.509. The first kappa shape index (κ1) is 18.4. The molecular weight excluding hydrogens is 370 g/mol. The van der Waals surface area contributed by atoms with Gasteiger partial charge in [0.2, 0.25) is 5.95 Å². The Morgan fingerprint density at radius 3 is 2.59 bits per heavy atom. The second kappa shape index (κ2) is 7.59. The molecule has 0 aliphatic rings. The number of aromatic nitrogens is 3. The van der Waals surface area contributed by atoms with Crippen molar-refractivity contribution >= 4 is 22.8 Å². The van der Waals surface area contributed by atoms with Gasteiger partial charge in [0.1, 0.15) is 17.0 Å². The Hall–Kier alpha value is -3.94. The summed E-state index contributed by atoms with van der Waals surface area (Å²) in [7, 11) is 0. The van der Waals surface area contributed by atoms with Crippen molar-refractivity contribution in [3.05, 3.63) is 76.3 Å². The first-order valence-electron chi connectivity index (χ1n) is 9.17.